The molecule has 4 rings (SSSR count). The Bertz CT molecular complexity index is 963. The van der Waals surface area contributed by atoms with Gasteiger partial charge in [0.15, 0.2) is 0 Å². The van der Waals surface area contributed by atoms with Crippen LogP contribution in [0.4, 0.5) is 0 Å². The van der Waals surface area contributed by atoms with Crippen molar-refractivity contribution in [2.45, 2.75) is 6.54 Å². The molecule has 0 atom stereocenters. The molecule has 1 heterocycles. The molecule has 1 fully saturated rings. The molecule has 0 saturated carbocycles. The number of nitrogens with zero attached hydrogens (tertiary/aromatic N) is 2. The van der Waals surface area contributed by atoms with Crippen molar-refractivity contribution < 1.29 is 5.11 Å². The molecule has 0 aliphatic carbocycles. The lowest BCUT2D eigenvalue weighted by atomic mass is 10.0. The Morgan fingerprint density at radius 2 is 1.64 bits per heavy atom. The highest BCUT2D eigenvalue weighted by molar-refractivity contribution is 9.10. The van der Waals surface area contributed by atoms with Crippen molar-refractivity contribution in [2.75, 3.05) is 32.7 Å². The van der Waals surface area contributed by atoms with Gasteiger partial charge in [-0.15, -0.1) is 0 Å². The summed E-state index contributed by atoms with van der Waals surface area (Å²) >= 11 is 3.53. The Kier molecular flexibility index (Phi) is 6.10. The Balaban J connectivity index is 1.35. The molecule has 1 N–H and O–H groups in total. The summed E-state index contributed by atoms with van der Waals surface area (Å²) in [5.41, 5.74) is 2.28. The predicted octanol–water partition coefficient (Wildman–Crippen LogP) is 5.14. The number of hydrogen-bond donors (Lipinski definition) is 1. The first-order chi connectivity index (χ1) is 13.7. The summed E-state index contributed by atoms with van der Waals surface area (Å²) in [4.78, 5) is 4.92. The number of benzene rings is 3. The van der Waals surface area contributed by atoms with Gasteiger partial charge in [0.05, 0.1) is 0 Å². The summed E-state index contributed by atoms with van der Waals surface area (Å²) in [6.45, 7) is 5.91. The molecule has 3 aromatic rings. The van der Waals surface area contributed by atoms with Crippen molar-refractivity contribution in [3.63, 3.8) is 0 Å². The average Bonchev–Trinajstić information content (AvgIpc) is 2.72. The molecule has 28 heavy (non-hydrogen) atoms. The van der Waals surface area contributed by atoms with Crippen LogP contribution in [0.1, 0.15) is 11.1 Å². The van der Waals surface area contributed by atoms with Gasteiger partial charge in [-0.05, 0) is 34.5 Å². The summed E-state index contributed by atoms with van der Waals surface area (Å²) in [5.74, 6) is 0.392. The van der Waals surface area contributed by atoms with Gasteiger partial charge < -0.3 is 5.11 Å². The first-order valence-electron chi connectivity index (χ1n) is 9.75. The van der Waals surface area contributed by atoms with Crippen LogP contribution in [0.2, 0.25) is 0 Å². The first kappa shape index (κ1) is 19.2. The average molecular weight is 437 g/mol. The Morgan fingerprint density at radius 3 is 2.43 bits per heavy atom. The van der Waals surface area contributed by atoms with E-state index in [-0.39, 0.29) is 0 Å². The molecule has 3 nitrogen and oxygen atoms in total. The third-order valence-corrected chi connectivity index (χ3v) is 5.88. The molecule has 0 bridgehead atoms. The SMILES string of the molecule is Oc1ccc2cc(Br)ccc2c1CN1CCN(CC=Cc2ccccc2)CC1. The van der Waals surface area contributed by atoms with Crippen LogP contribution in [0, 0.1) is 0 Å². The summed E-state index contributed by atoms with van der Waals surface area (Å²) < 4.78 is 1.06. The minimum atomic E-state index is 0.392. The Labute approximate surface area is 175 Å². The maximum absolute atomic E-state index is 10.4. The van der Waals surface area contributed by atoms with Crippen LogP contribution in [-0.4, -0.2) is 47.6 Å². The fraction of sp³-hybridized carbons (Fsp3) is 0.250. The van der Waals surface area contributed by atoms with E-state index in [0.29, 0.717) is 5.75 Å². The van der Waals surface area contributed by atoms with E-state index in [4.69, 9.17) is 0 Å². The molecule has 144 valence electrons. The van der Waals surface area contributed by atoms with E-state index in [1.54, 1.807) is 0 Å². The first-order valence-corrected chi connectivity index (χ1v) is 10.5. The molecule has 3 aromatic carbocycles. The molecule has 4 heteroatoms. The van der Waals surface area contributed by atoms with E-state index >= 15 is 0 Å². The van der Waals surface area contributed by atoms with E-state index in [9.17, 15) is 5.11 Å². The van der Waals surface area contributed by atoms with E-state index in [1.807, 2.05) is 24.3 Å². The van der Waals surface area contributed by atoms with Gasteiger partial charge in [0.25, 0.3) is 0 Å². The minimum Gasteiger partial charge on any atom is -0.508 e. The van der Waals surface area contributed by atoms with Crippen LogP contribution in [0.25, 0.3) is 16.8 Å². The molecular formula is C24H25BrN2O. The van der Waals surface area contributed by atoms with Gasteiger partial charge in [0.2, 0.25) is 0 Å². The van der Waals surface area contributed by atoms with Gasteiger partial charge in [-0.25, -0.2) is 0 Å². The number of phenols is 1. The van der Waals surface area contributed by atoms with Crippen LogP contribution in [0.15, 0.2) is 71.2 Å². The molecule has 1 aliphatic heterocycles. The largest absolute Gasteiger partial charge is 0.508 e. The summed E-state index contributed by atoms with van der Waals surface area (Å²) in [5, 5.41) is 12.7. The molecule has 0 aromatic heterocycles. The highest BCUT2D eigenvalue weighted by Gasteiger charge is 2.18. The fourth-order valence-electron chi connectivity index (χ4n) is 3.78. The van der Waals surface area contributed by atoms with Gasteiger partial charge in [-0.3, -0.25) is 9.80 Å². The predicted molar refractivity (Wildman–Crippen MR) is 121 cm³/mol. The normalized spacial score (nSPS) is 16.2. The lowest BCUT2D eigenvalue weighted by molar-refractivity contribution is 0.136. The maximum Gasteiger partial charge on any atom is 0.120 e. The number of aromatic hydroxyl groups is 1. The van der Waals surface area contributed by atoms with Crippen molar-refractivity contribution >= 4 is 32.8 Å². The van der Waals surface area contributed by atoms with Crippen LogP contribution in [0.3, 0.4) is 0 Å². The fourth-order valence-corrected chi connectivity index (χ4v) is 4.15. The zero-order valence-electron chi connectivity index (χ0n) is 15.9. The number of phenolic OH excluding ortho intramolecular Hbond substituents is 1. The highest BCUT2D eigenvalue weighted by Crippen LogP contribution is 2.30. The van der Waals surface area contributed by atoms with E-state index in [1.165, 1.54) is 5.56 Å². The van der Waals surface area contributed by atoms with Gasteiger partial charge >= 0.3 is 0 Å². The van der Waals surface area contributed by atoms with Crippen LogP contribution in [-0.2, 0) is 6.54 Å². The number of hydrogen-bond acceptors (Lipinski definition) is 3. The van der Waals surface area contributed by atoms with Crippen molar-refractivity contribution in [1.82, 2.24) is 9.80 Å². The van der Waals surface area contributed by atoms with Gasteiger partial charge in [0, 0.05) is 49.3 Å². The topological polar surface area (TPSA) is 26.7 Å². The molecule has 0 radical (unpaired) electrons. The molecule has 1 saturated heterocycles. The zero-order valence-corrected chi connectivity index (χ0v) is 17.5. The second-order valence-corrected chi connectivity index (χ2v) is 8.23. The maximum atomic E-state index is 10.4. The number of fused-ring (bicyclic) bond motifs is 1. The van der Waals surface area contributed by atoms with Crippen molar-refractivity contribution in [3.05, 3.63) is 82.3 Å². The van der Waals surface area contributed by atoms with E-state index in [0.717, 1.165) is 60.1 Å². The minimum absolute atomic E-state index is 0.392. The molecule has 0 amide bonds. The van der Waals surface area contributed by atoms with Gasteiger partial charge in [0.1, 0.15) is 5.75 Å². The molecule has 0 unspecified atom stereocenters. The number of rotatable bonds is 5. The van der Waals surface area contributed by atoms with E-state index in [2.05, 4.69) is 74.3 Å². The summed E-state index contributed by atoms with van der Waals surface area (Å²) in [6, 6.07) is 20.5. The monoisotopic (exact) mass is 436 g/mol. The van der Waals surface area contributed by atoms with Gasteiger partial charge in [-0.1, -0.05) is 70.5 Å². The second kappa shape index (κ2) is 8.91. The third kappa shape index (κ3) is 4.64. The van der Waals surface area contributed by atoms with Crippen molar-refractivity contribution in [3.8, 4) is 5.75 Å². The van der Waals surface area contributed by atoms with Gasteiger partial charge in [-0.2, -0.15) is 0 Å². The van der Waals surface area contributed by atoms with Crippen molar-refractivity contribution in [2.24, 2.45) is 0 Å². The lowest BCUT2D eigenvalue weighted by Gasteiger charge is -2.34. The van der Waals surface area contributed by atoms with Crippen molar-refractivity contribution in [1.29, 1.82) is 0 Å². The summed E-state index contributed by atoms with van der Waals surface area (Å²) in [6.07, 6.45) is 4.44. The molecular weight excluding hydrogens is 412 g/mol. The quantitative estimate of drug-likeness (QED) is 0.599. The third-order valence-electron chi connectivity index (χ3n) is 5.39. The Morgan fingerprint density at radius 1 is 0.893 bits per heavy atom. The Hall–Kier alpha value is -2.14. The number of piperazine rings is 1. The van der Waals surface area contributed by atoms with Crippen LogP contribution < -0.4 is 0 Å². The van der Waals surface area contributed by atoms with Crippen LogP contribution in [0.5, 0.6) is 5.75 Å². The van der Waals surface area contributed by atoms with Crippen LogP contribution >= 0.6 is 15.9 Å². The zero-order chi connectivity index (χ0) is 19.3. The number of halogens is 1. The summed E-state index contributed by atoms with van der Waals surface area (Å²) in [7, 11) is 0. The van der Waals surface area contributed by atoms with E-state index < -0.39 is 0 Å². The second-order valence-electron chi connectivity index (χ2n) is 7.32. The highest BCUT2D eigenvalue weighted by atomic mass is 79.9. The molecule has 0 spiro atoms. The lowest BCUT2D eigenvalue weighted by Crippen LogP contribution is -2.45. The smallest absolute Gasteiger partial charge is 0.120 e. The molecule has 1 aliphatic rings. The standard InChI is InChI=1S/C24H25BrN2O/c25-21-9-10-22-20(17-21)8-11-24(28)23(22)18-27-15-13-26(14-16-27)12-4-7-19-5-2-1-3-6-19/h1-11,17,28H,12-16,18H2.